The Morgan fingerprint density at radius 3 is 2.74 bits per heavy atom. The van der Waals surface area contributed by atoms with Crippen molar-refractivity contribution in [1.82, 2.24) is 0 Å². The maximum atomic E-state index is 12.5. The maximum absolute atomic E-state index is 12.5. The van der Waals surface area contributed by atoms with E-state index in [2.05, 4.69) is 33.8 Å². The lowest BCUT2D eigenvalue weighted by atomic mass is 9.47. The highest BCUT2D eigenvalue weighted by Gasteiger charge is 2.57. The van der Waals surface area contributed by atoms with Gasteiger partial charge in [-0.25, -0.2) is 0 Å². The lowest BCUT2D eigenvalue weighted by Gasteiger charge is -2.57. The highest BCUT2D eigenvalue weighted by molar-refractivity contribution is 5.85. The van der Waals surface area contributed by atoms with E-state index in [0.29, 0.717) is 18.3 Å². The minimum atomic E-state index is -0.832. The van der Waals surface area contributed by atoms with Gasteiger partial charge in [-0.2, -0.15) is 0 Å². The molecular weight excluding hydrogens is 288 g/mol. The second-order valence-electron chi connectivity index (χ2n) is 8.33. The van der Waals surface area contributed by atoms with Gasteiger partial charge >= 0.3 is 0 Å². The van der Waals surface area contributed by atoms with Crippen LogP contribution in [-0.2, 0) is 11.2 Å². The fourth-order valence-corrected chi connectivity index (χ4v) is 5.26. The van der Waals surface area contributed by atoms with Crippen molar-refractivity contribution in [3.05, 3.63) is 35.8 Å². The van der Waals surface area contributed by atoms with E-state index in [9.17, 15) is 9.90 Å². The number of hydrogen-bond acceptors (Lipinski definition) is 3. The molecule has 3 rings (SSSR count). The number of furan rings is 1. The smallest absolute Gasteiger partial charge is 0.162 e. The van der Waals surface area contributed by atoms with E-state index in [4.69, 9.17) is 4.42 Å². The van der Waals surface area contributed by atoms with Crippen molar-refractivity contribution in [1.29, 1.82) is 0 Å². The van der Waals surface area contributed by atoms with Crippen LogP contribution in [0.4, 0.5) is 0 Å². The predicted octanol–water partition coefficient (Wildman–Crippen LogP) is 4.16. The molecule has 1 saturated carbocycles. The number of aliphatic hydroxyl groups is 1. The molecule has 0 spiro atoms. The lowest BCUT2D eigenvalue weighted by Crippen LogP contribution is -2.58. The van der Waals surface area contributed by atoms with Gasteiger partial charge in [0.1, 0.15) is 6.10 Å². The SMILES string of the molecule is CC1=CCC2C(C)(C)C(O)C(=O)CC2(C)C1CCc1ccoc1. The number of carbonyl (C=O) groups excluding carboxylic acids is 1. The molecule has 1 aromatic rings. The average molecular weight is 316 g/mol. The van der Waals surface area contributed by atoms with Crippen LogP contribution in [0.15, 0.2) is 34.7 Å². The summed E-state index contributed by atoms with van der Waals surface area (Å²) in [5.41, 5.74) is 2.18. The quantitative estimate of drug-likeness (QED) is 0.852. The fourth-order valence-electron chi connectivity index (χ4n) is 5.26. The van der Waals surface area contributed by atoms with Crippen LogP contribution in [-0.4, -0.2) is 17.0 Å². The molecule has 0 aromatic carbocycles. The molecule has 2 aliphatic carbocycles. The summed E-state index contributed by atoms with van der Waals surface area (Å²) in [5, 5.41) is 10.4. The van der Waals surface area contributed by atoms with Gasteiger partial charge in [0, 0.05) is 11.8 Å². The van der Waals surface area contributed by atoms with E-state index in [1.54, 1.807) is 12.5 Å². The molecule has 126 valence electrons. The van der Waals surface area contributed by atoms with Crippen LogP contribution >= 0.6 is 0 Å². The first-order chi connectivity index (χ1) is 10.8. The zero-order valence-corrected chi connectivity index (χ0v) is 14.6. The average Bonchev–Trinajstić information content (AvgIpc) is 2.97. The number of Topliss-reactive ketones (excluding diaryl/α,β-unsaturated/α-hetero) is 1. The van der Waals surface area contributed by atoms with Gasteiger partial charge in [0.25, 0.3) is 0 Å². The second-order valence-corrected chi connectivity index (χ2v) is 8.33. The Bertz CT molecular complexity index is 611. The van der Waals surface area contributed by atoms with E-state index in [0.717, 1.165) is 19.3 Å². The third-order valence-corrected chi connectivity index (χ3v) is 6.58. The molecular formula is C20H28O3. The monoisotopic (exact) mass is 316 g/mol. The Morgan fingerprint density at radius 2 is 2.09 bits per heavy atom. The van der Waals surface area contributed by atoms with Gasteiger partial charge in [0.2, 0.25) is 0 Å². The normalized spacial score (nSPS) is 36.5. The first-order valence-corrected chi connectivity index (χ1v) is 8.65. The molecule has 0 radical (unpaired) electrons. The van der Waals surface area contributed by atoms with E-state index in [1.807, 2.05) is 6.07 Å². The lowest BCUT2D eigenvalue weighted by molar-refractivity contribution is -0.159. The summed E-state index contributed by atoms with van der Waals surface area (Å²) in [4.78, 5) is 12.5. The molecule has 0 bridgehead atoms. The van der Waals surface area contributed by atoms with Crippen LogP contribution in [0.3, 0.4) is 0 Å². The third kappa shape index (κ3) is 2.59. The molecule has 4 unspecified atom stereocenters. The Kier molecular flexibility index (Phi) is 4.04. The van der Waals surface area contributed by atoms with Crippen LogP contribution in [0.2, 0.25) is 0 Å². The van der Waals surface area contributed by atoms with Crippen LogP contribution in [0.5, 0.6) is 0 Å². The number of carbonyl (C=O) groups is 1. The van der Waals surface area contributed by atoms with Gasteiger partial charge in [-0.1, -0.05) is 32.4 Å². The van der Waals surface area contributed by atoms with E-state index in [-0.39, 0.29) is 16.6 Å². The van der Waals surface area contributed by atoms with E-state index in [1.165, 1.54) is 11.1 Å². The van der Waals surface area contributed by atoms with Gasteiger partial charge < -0.3 is 9.52 Å². The molecule has 23 heavy (non-hydrogen) atoms. The Morgan fingerprint density at radius 1 is 1.35 bits per heavy atom. The molecule has 3 nitrogen and oxygen atoms in total. The van der Waals surface area contributed by atoms with Crippen LogP contribution in [0.1, 0.15) is 52.5 Å². The summed E-state index contributed by atoms with van der Waals surface area (Å²) in [6.07, 6.45) is 8.46. The molecule has 0 aliphatic heterocycles. The number of aryl methyl sites for hydroxylation is 1. The van der Waals surface area contributed by atoms with Gasteiger partial charge in [-0.15, -0.1) is 0 Å². The molecule has 1 fully saturated rings. The van der Waals surface area contributed by atoms with Crippen molar-refractivity contribution in [2.45, 2.75) is 59.5 Å². The van der Waals surface area contributed by atoms with Crippen molar-refractivity contribution >= 4 is 5.78 Å². The number of hydrogen-bond donors (Lipinski definition) is 1. The molecule has 3 heteroatoms. The molecule has 0 amide bonds. The number of fused-ring (bicyclic) bond motifs is 1. The Hall–Kier alpha value is -1.35. The zero-order chi connectivity index (χ0) is 16.8. The summed E-state index contributed by atoms with van der Waals surface area (Å²) in [6.45, 7) is 8.57. The highest BCUT2D eigenvalue weighted by atomic mass is 16.3. The van der Waals surface area contributed by atoms with Crippen LogP contribution < -0.4 is 0 Å². The molecule has 0 saturated heterocycles. The summed E-state index contributed by atoms with van der Waals surface area (Å²) in [5.74, 6) is 0.726. The number of allylic oxidation sites excluding steroid dienone is 2. The minimum absolute atomic E-state index is 0.0109. The van der Waals surface area contributed by atoms with Gasteiger partial charge in [0.15, 0.2) is 5.78 Å². The summed E-state index contributed by atoms with van der Waals surface area (Å²) < 4.78 is 5.18. The van der Waals surface area contributed by atoms with Crippen molar-refractivity contribution < 1.29 is 14.3 Å². The number of rotatable bonds is 3. The molecule has 4 atom stereocenters. The van der Waals surface area contributed by atoms with E-state index >= 15 is 0 Å². The first kappa shape index (κ1) is 16.5. The second kappa shape index (κ2) is 5.62. The molecule has 1 N–H and O–H groups in total. The molecule has 2 aliphatic rings. The largest absolute Gasteiger partial charge is 0.472 e. The van der Waals surface area contributed by atoms with Gasteiger partial charge in [-0.3, -0.25) is 4.79 Å². The predicted molar refractivity (Wildman–Crippen MR) is 89.9 cm³/mol. The summed E-state index contributed by atoms with van der Waals surface area (Å²) in [6, 6.07) is 2.02. The topological polar surface area (TPSA) is 50.4 Å². The number of aliphatic hydroxyl groups excluding tert-OH is 1. The van der Waals surface area contributed by atoms with E-state index < -0.39 is 6.10 Å². The minimum Gasteiger partial charge on any atom is -0.472 e. The van der Waals surface area contributed by atoms with Gasteiger partial charge in [0.05, 0.1) is 12.5 Å². The maximum Gasteiger partial charge on any atom is 0.162 e. The van der Waals surface area contributed by atoms with Gasteiger partial charge in [-0.05, 0) is 55.1 Å². The highest BCUT2D eigenvalue weighted by Crippen LogP contribution is 2.59. The van der Waals surface area contributed by atoms with Crippen LogP contribution in [0.25, 0.3) is 0 Å². The van der Waals surface area contributed by atoms with Crippen molar-refractivity contribution in [3.8, 4) is 0 Å². The van der Waals surface area contributed by atoms with Crippen LogP contribution in [0, 0.1) is 22.7 Å². The fraction of sp³-hybridized carbons (Fsp3) is 0.650. The molecule has 1 heterocycles. The first-order valence-electron chi connectivity index (χ1n) is 8.65. The standard InChI is InChI=1S/C20H28O3/c1-13-5-8-17-19(2,3)18(22)16(21)11-20(17,4)15(13)7-6-14-9-10-23-12-14/h5,9-10,12,15,17-18,22H,6-8,11H2,1-4H3. The summed E-state index contributed by atoms with van der Waals surface area (Å²) in [7, 11) is 0. The Balaban J connectivity index is 1.90. The van der Waals surface area contributed by atoms with Crippen molar-refractivity contribution in [2.24, 2.45) is 22.7 Å². The Labute approximate surface area is 138 Å². The molecule has 1 aromatic heterocycles. The van der Waals surface area contributed by atoms with Crippen molar-refractivity contribution in [3.63, 3.8) is 0 Å². The number of ketones is 1. The zero-order valence-electron chi connectivity index (χ0n) is 14.6. The van der Waals surface area contributed by atoms with Crippen molar-refractivity contribution in [2.75, 3.05) is 0 Å². The third-order valence-electron chi connectivity index (χ3n) is 6.58. The summed E-state index contributed by atoms with van der Waals surface area (Å²) >= 11 is 0.